The number of hydrogen-bond acceptors (Lipinski definition) is 3. The van der Waals surface area contributed by atoms with E-state index in [0.29, 0.717) is 6.04 Å². The van der Waals surface area contributed by atoms with Crippen LogP contribution in [0.3, 0.4) is 0 Å². The lowest BCUT2D eigenvalue weighted by Crippen LogP contribution is -2.35. The number of nitrogens with two attached hydrogens (primary N) is 1. The third-order valence-electron chi connectivity index (χ3n) is 5.51. The first kappa shape index (κ1) is 11.9. The van der Waals surface area contributed by atoms with Gasteiger partial charge in [0.25, 0.3) is 0 Å². The maximum absolute atomic E-state index is 5.88. The van der Waals surface area contributed by atoms with Crippen molar-refractivity contribution in [1.82, 2.24) is 5.43 Å². The summed E-state index contributed by atoms with van der Waals surface area (Å²) in [6.07, 6.45) is 5.63. The number of hydrogen-bond donors (Lipinski definition) is 2. The molecule has 0 saturated heterocycles. The average Bonchev–Trinajstić information content (AvgIpc) is 3.15. The second-order valence-corrected chi connectivity index (χ2v) is 6.50. The minimum atomic E-state index is 0.321. The van der Waals surface area contributed by atoms with Gasteiger partial charge >= 0.3 is 0 Å². The van der Waals surface area contributed by atoms with Gasteiger partial charge in [-0.3, -0.25) is 11.3 Å². The van der Waals surface area contributed by atoms with Crippen LogP contribution in [0.15, 0.2) is 18.2 Å². The lowest BCUT2D eigenvalue weighted by atomic mass is 9.80. The van der Waals surface area contributed by atoms with Crippen molar-refractivity contribution in [2.45, 2.75) is 44.9 Å². The van der Waals surface area contributed by atoms with Gasteiger partial charge in [-0.1, -0.05) is 24.6 Å². The summed E-state index contributed by atoms with van der Waals surface area (Å²) in [4.78, 5) is 0. The van der Waals surface area contributed by atoms with Gasteiger partial charge < -0.3 is 4.74 Å². The highest BCUT2D eigenvalue weighted by atomic mass is 16.5. The van der Waals surface area contributed by atoms with Gasteiger partial charge in [0.1, 0.15) is 0 Å². The van der Waals surface area contributed by atoms with E-state index in [9.17, 15) is 0 Å². The first-order valence-corrected chi connectivity index (χ1v) is 7.50. The molecule has 102 valence electrons. The minimum absolute atomic E-state index is 0.321. The van der Waals surface area contributed by atoms with E-state index in [2.05, 4.69) is 23.6 Å². The number of rotatable bonds is 3. The third-order valence-corrected chi connectivity index (χ3v) is 5.51. The quantitative estimate of drug-likeness (QED) is 0.647. The first-order chi connectivity index (χ1) is 9.35. The van der Waals surface area contributed by atoms with Crippen molar-refractivity contribution in [3.63, 3.8) is 0 Å². The fourth-order valence-electron chi connectivity index (χ4n) is 4.55. The highest BCUT2D eigenvalue weighted by molar-refractivity contribution is 5.35. The summed E-state index contributed by atoms with van der Waals surface area (Å²) in [5.41, 5.74) is 7.14. The number of nitrogens with one attached hydrogen (secondary N) is 1. The molecule has 0 amide bonds. The lowest BCUT2D eigenvalue weighted by Gasteiger charge is -2.30. The zero-order chi connectivity index (χ0) is 12.8. The van der Waals surface area contributed by atoms with Crippen molar-refractivity contribution in [3.8, 4) is 0 Å². The Morgan fingerprint density at radius 1 is 1.16 bits per heavy atom. The van der Waals surface area contributed by atoms with E-state index in [1.54, 1.807) is 0 Å². The number of ether oxygens (including phenoxy) is 1. The summed E-state index contributed by atoms with van der Waals surface area (Å²) >= 11 is 0. The molecule has 0 radical (unpaired) electrons. The highest BCUT2D eigenvalue weighted by Gasteiger charge is 2.43. The molecular weight excluding hydrogens is 236 g/mol. The van der Waals surface area contributed by atoms with Crippen LogP contribution in [-0.4, -0.2) is 0 Å². The Labute approximate surface area is 114 Å². The molecule has 4 rings (SSSR count). The molecule has 2 aliphatic carbocycles. The molecule has 4 atom stereocenters. The summed E-state index contributed by atoms with van der Waals surface area (Å²) in [7, 11) is 0. The van der Waals surface area contributed by atoms with Crippen LogP contribution in [-0.2, 0) is 18.0 Å². The van der Waals surface area contributed by atoms with Gasteiger partial charge in [0.2, 0.25) is 0 Å². The summed E-state index contributed by atoms with van der Waals surface area (Å²) in [5, 5.41) is 0. The third kappa shape index (κ3) is 1.92. The van der Waals surface area contributed by atoms with E-state index in [-0.39, 0.29) is 0 Å². The first-order valence-electron chi connectivity index (χ1n) is 7.50. The molecule has 2 bridgehead atoms. The molecular formula is C16H22N2O. The van der Waals surface area contributed by atoms with Crippen LogP contribution in [0.1, 0.15) is 48.4 Å². The van der Waals surface area contributed by atoms with Crippen molar-refractivity contribution < 1.29 is 4.74 Å². The number of fused-ring (bicyclic) bond motifs is 3. The molecule has 0 aromatic heterocycles. The predicted molar refractivity (Wildman–Crippen MR) is 73.9 cm³/mol. The van der Waals surface area contributed by atoms with Gasteiger partial charge in [-0.25, -0.2) is 0 Å². The average molecular weight is 258 g/mol. The maximum Gasteiger partial charge on any atom is 0.0725 e. The summed E-state index contributed by atoms with van der Waals surface area (Å²) < 4.78 is 5.51. The molecule has 0 spiro atoms. The van der Waals surface area contributed by atoms with E-state index < -0.39 is 0 Å². The monoisotopic (exact) mass is 258 g/mol. The van der Waals surface area contributed by atoms with Gasteiger partial charge in [0.15, 0.2) is 0 Å². The molecule has 3 heteroatoms. The molecule has 3 N–H and O–H groups in total. The van der Waals surface area contributed by atoms with E-state index in [1.165, 1.54) is 42.4 Å². The Hall–Kier alpha value is -0.900. The van der Waals surface area contributed by atoms with Gasteiger partial charge in [-0.05, 0) is 53.7 Å². The van der Waals surface area contributed by atoms with Gasteiger partial charge in [-0.2, -0.15) is 0 Å². The second-order valence-electron chi connectivity index (χ2n) is 6.50. The fourth-order valence-corrected chi connectivity index (χ4v) is 4.55. The molecule has 1 aromatic rings. The van der Waals surface area contributed by atoms with Gasteiger partial charge in [-0.15, -0.1) is 0 Å². The van der Waals surface area contributed by atoms with E-state index >= 15 is 0 Å². The minimum Gasteiger partial charge on any atom is -0.372 e. The van der Waals surface area contributed by atoms with Crippen molar-refractivity contribution in [1.29, 1.82) is 0 Å². The van der Waals surface area contributed by atoms with Crippen LogP contribution in [0.5, 0.6) is 0 Å². The van der Waals surface area contributed by atoms with Crippen molar-refractivity contribution in [3.05, 3.63) is 34.9 Å². The smallest absolute Gasteiger partial charge is 0.0725 e. The van der Waals surface area contributed by atoms with Crippen LogP contribution in [0, 0.1) is 17.8 Å². The molecule has 2 fully saturated rings. The Morgan fingerprint density at radius 2 is 2.05 bits per heavy atom. The number of benzene rings is 1. The molecule has 1 heterocycles. The lowest BCUT2D eigenvalue weighted by molar-refractivity contribution is 0.134. The Kier molecular flexibility index (Phi) is 2.87. The van der Waals surface area contributed by atoms with Crippen LogP contribution in [0.4, 0.5) is 0 Å². The molecule has 3 aliphatic rings. The molecule has 3 nitrogen and oxygen atoms in total. The molecule has 1 aliphatic heterocycles. The fraction of sp³-hybridized carbons (Fsp3) is 0.625. The maximum atomic E-state index is 5.88. The van der Waals surface area contributed by atoms with Gasteiger partial charge in [0, 0.05) is 6.04 Å². The highest BCUT2D eigenvalue weighted by Crippen LogP contribution is 2.52. The summed E-state index contributed by atoms with van der Waals surface area (Å²) in [6.45, 7) is 1.53. The molecule has 19 heavy (non-hydrogen) atoms. The Bertz CT molecular complexity index is 488. The second kappa shape index (κ2) is 4.58. The van der Waals surface area contributed by atoms with E-state index in [4.69, 9.17) is 10.6 Å². The molecule has 2 saturated carbocycles. The molecule has 4 unspecified atom stereocenters. The Morgan fingerprint density at radius 3 is 2.79 bits per heavy atom. The topological polar surface area (TPSA) is 47.3 Å². The van der Waals surface area contributed by atoms with Crippen LogP contribution < -0.4 is 11.3 Å². The van der Waals surface area contributed by atoms with Crippen molar-refractivity contribution in [2.24, 2.45) is 23.6 Å². The predicted octanol–water partition coefficient (Wildman–Crippen LogP) is 2.66. The van der Waals surface area contributed by atoms with Crippen LogP contribution in [0.25, 0.3) is 0 Å². The summed E-state index contributed by atoms with van der Waals surface area (Å²) in [6, 6.07) is 7.08. The number of hydrazine groups is 1. The zero-order valence-electron chi connectivity index (χ0n) is 11.3. The summed E-state index contributed by atoms with van der Waals surface area (Å²) in [5.74, 6) is 8.45. The zero-order valence-corrected chi connectivity index (χ0v) is 11.3. The SMILES string of the molecule is NNC(c1ccc2c(c1)COC2)C1CC2CCC1C2. The largest absolute Gasteiger partial charge is 0.372 e. The molecule has 1 aromatic carbocycles. The standard InChI is InChI=1S/C16H22N2O/c17-18-16(15-6-10-1-2-11(15)5-10)12-3-4-13-8-19-9-14(13)7-12/h3-4,7,10-11,15-16,18H,1-2,5-6,8-9,17H2. The van der Waals surface area contributed by atoms with E-state index in [1.807, 2.05) is 0 Å². The Balaban J connectivity index is 1.62. The van der Waals surface area contributed by atoms with Crippen molar-refractivity contribution >= 4 is 0 Å². The normalized spacial score (nSPS) is 33.6. The van der Waals surface area contributed by atoms with Crippen LogP contribution in [0.2, 0.25) is 0 Å². The van der Waals surface area contributed by atoms with Crippen LogP contribution >= 0.6 is 0 Å². The van der Waals surface area contributed by atoms with Gasteiger partial charge in [0.05, 0.1) is 13.2 Å². The van der Waals surface area contributed by atoms with Crippen molar-refractivity contribution in [2.75, 3.05) is 0 Å². The van der Waals surface area contributed by atoms with E-state index in [0.717, 1.165) is 31.0 Å².